The van der Waals surface area contributed by atoms with E-state index in [4.69, 9.17) is 0 Å². The molecule has 0 fully saturated rings. The summed E-state index contributed by atoms with van der Waals surface area (Å²) in [6.45, 7) is 0. The van der Waals surface area contributed by atoms with Crippen LogP contribution in [0, 0.1) is 0 Å². The van der Waals surface area contributed by atoms with Gasteiger partial charge in [0.05, 0.1) is 11.0 Å². The molecule has 0 bridgehead atoms. The molecule has 0 N–H and O–H groups in total. The fraction of sp³-hybridized carbons (Fsp3) is 0. The standard InChI is InChI=1S/C40H28N4/c1-3-10-32(11-4-1)43(33-12-5-2-6-13-33)34-21-16-29(17-22-34)31-20-25-37-36-14-7-8-15-38(36)44(39(37)28-31)35-23-18-30(19-24-35)40-41-26-9-27-42-40/h1-28H. The summed E-state index contributed by atoms with van der Waals surface area (Å²) in [6.07, 6.45) is 3.55. The van der Waals surface area contributed by atoms with Crippen molar-refractivity contribution >= 4 is 38.9 Å². The lowest BCUT2D eigenvalue weighted by atomic mass is 10.0. The van der Waals surface area contributed by atoms with Gasteiger partial charge in [0.1, 0.15) is 0 Å². The minimum absolute atomic E-state index is 0.727. The molecule has 4 nitrogen and oxygen atoms in total. The third kappa shape index (κ3) is 4.59. The van der Waals surface area contributed by atoms with Crippen molar-refractivity contribution in [3.8, 4) is 28.2 Å². The fourth-order valence-corrected chi connectivity index (χ4v) is 6.04. The van der Waals surface area contributed by atoms with Crippen LogP contribution in [-0.4, -0.2) is 14.5 Å². The summed E-state index contributed by atoms with van der Waals surface area (Å²) in [5, 5.41) is 2.47. The van der Waals surface area contributed by atoms with Crippen LogP contribution in [0.25, 0.3) is 50.0 Å². The molecule has 2 aromatic heterocycles. The van der Waals surface area contributed by atoms with Crippen LogP contribution in [0.3, 0.4) is 0 Å². The summed E-state index contributed by atoms with van der Waals surface area (Å²) in [4.78, 5) is 11.1. The van der Waals surface area contributed by atoms with E-state index in [9.17, 15) is 0 Å². The van der Waals surface area contributed by atoms with E-state index in [1.54, 1.807) is 12.4 Å². The largest absolute Gasteiger partial charge is 0.311 e. The normalized spacial score (nSPS) is 11.2. The summed E-state index contributed by atoms with van der Waals surface area (Å²) in [5.74, 6) is 0.727. The number of benzene rings is 6. The molecule has 2 heterocycles. The molecule has 0 atom stereocenters. The number of hydrogen-bond donors (Lipinski definition) is 0. The molecule has 0 amide bonds. The second-order valence-electron chi connectivity index (χ2n) is 10.8. The highest BCUT2D eigenvalue weighted by molar-refractivity contribution is 6.10. The lowest BCUT2D eigenvalue weighted by molar-refractivity contribution is 1.16. The van der Waals surface area contributed by atoms with Crippen molar-refractivity contribution in [1.29, 1.82) is 0 Å². The molecule has 0 aliphatic rings. The van der Waals surface area contributed by atoms with Gasteiger partial charge in [-0.15, -0.1) is 0 Å². The minimum atomic E-state index is 0.727. The quantitative estimate of drug-likeness (QED) is 0.201. The van der Waals surface area contributed by atoms with Gasteiger partial charge in [-0.2, -0.15) is 0 Å². The summed E-state index contributed by atoms with van der Waals surface area (Å²) < 4.78 is 2.35. The van der Waals surface area contributed by atoms with Crippen molar-refractivity contribution in [2.24, 2.45) is 0 Å². The van der Waals surface area contributed by atoms with E-state index in [0.717, 1.165) is 34.1 Å². The maximum Gasteiger partial charge on any atom is 0.159 e. The number of anilines is 3. The predicted molar refractivity (Wildman–Crippen MR) is 182 cm³/mol. The van der Waals surface area contributed by atoms with Crippen molar-refractivity contribution in [3.05, 3.63) is 170 Å². The number of nitrogens with zero attached hydrogens (tertiary/aromatic N) is 4. The molecule has 6 aromatic carbocycles. The zero-order chi connectivity index (χ0) is 29.3. The van der Waals surface area contributed by atoms with Crippen LogP contribution in [0.15, 0.2) is 170 Å². The zero-order valence-corrected chi connectivity index (χ0v) is 24.0. The molecule has 4 heteroatoms. The molecule has 0 aliphatic carbocycles. The molecule has 8 aromatic rings. The van der Waals surface area contributed by atoms with Gasteiger partial charge in [-0.05, 0) is 90.0 Å². The summed E-state index contributed by atoms with van der Waals surface area (Å²) in [7, 11) is 0. The number of hydrogen-bond acceptors (Lipinski definition) is 3. The highest BCUT2D eigenvalue weighted by atomic mass is 15.1. The van der Waals surface area contributed by atoms with Crippen molar-refractivity contribution in [3.63, 3.8) is 0 Å². The summed E-state index contributed by atoms with van der Waals surface area (Å²) >= 11 is 0. The Bertz CT molecular complexity index is 2150. The van der Waals surface area contributed by atoms with E-state index in [-0.39, 0.29) is 0 Å². The molecule has 0 saturated carbocycles. The van der Waals surface area contributed by atoms with Gasteiger partial charge >= 0.3 is 0 Å². The zero-order valence-electron chi connectivity index (χ0n) is 24.0. The first-order chi connectivity index (χ1) is 21.8. The molecular formula is C40H28N4. The lowest BCUT2D eigenvalue weighted by Gasteiger charge is -2.25. The van der Waals surface area contributed by atoms with E-state index >= 15 is 0 Å². The lowest BCUT2D eigenvalue weighted by Crippen LogP contribution is -2.09. The molecular weight excluding hydrogens is 536 g/mol. The Balaban J connectivity index is 1.21. The Hall–Kier alpha value is -6.00. The third-order valence-electron chi connectivity index (χ3n) is 8.11. The highest BCUT2D eigenvalue weighted by Crippen LogP contribution is 2.38. The maximum absolute atomic E-state index is 4.42. The number of para-hydroxylation sites is 3. The molecule has 0 spiro atoms. The van der Waals surface area contributed by atoms with Gasteiger partial charge < -0.3 is 9.47 Å². The van der Waals surface area contributed by atoms with Gasteiger partial charge in [0.15, 0.2) is 5.82 Å². The van der Waals surface area contributed by atoms with Crippen LogP contribution >= 0.6 is 0 Å². The molecule has 0 aliphatic heterocycles. The third-order valence-corrected chi connectivity index (χ3v) is 8.11. The summed E-state index contributed by atoms with van der Waals surface area (Å²) in [5.41, 5.74) is 10.2. The van der Waals surface area contributed by atoms with Gasteiger partial charge in [-0.25, -0.2) is 9.97 Å². The average Bonchev–Trinajstić information content (AvgIpc) is 3.44. The van der Waals surface area contributed by atoms with E-state index < -0.39 is 0 Å². The van der Waals surface area contributed by atoms with Crippen LogP contribution in [0.1, 0.15) is 0 Å². The number of aromatic nitrogens is 3. The van der Waals surface area contributed by atoms with Gasteiger partial charge in [-0.1, -0.05) is 78.9 Å². The molecule has 8 rings (SSSR count). The van der Waals surface area contributed by atoms with Crippen LogP contribution in [0.2, 0.25) is 0 Å². The second-order valence-corrected chi connectivity index (χ2v) is 10.8. The van der Waals surface area contributed by atoms with Crippen LogP contribution in [-0.2, 0) is 0 Å². The first kappa shape index (κ1) is 25.7. The van der Waals surface area contributed by atoms with Crippen LogP contribution < -0.4 is 4.90 Å². The van der Waals surface area contributed by atoms with Crippen LogP contribution in [0.4, 0.5) is 17.1 Å². The Morgan fingerprint density at radius 3 is 1.64 bits per heavy atom. The van der Waals surface area contributed by atoms with Crippen molar-refractivity contribution in [2.75, 3.05) is 4.90 Å². The molecule has 44 heavy (non-hydrogen) atoms. The molecule has 0 unspecified atom stereocenters. The van der Waals surface area contributed by atoms with Crippen molar-refractivity contribution in [1.82, 2.24) is 14.5 Å². The number of fused-ring (bicyclic) bond motifs is 3. The van der Waals surface area contributed by atoms with E-state index in [0.29, 0.717) is 0 Å². The first-order valence-electron chi connectivity index (χ1n) is 14.8. The van der Waals surface area contributed by atoms with Crippen molar-refractivity contribution in [2.45, 2.75) is 0 Å². The Morgan fingerprint density at radius 1 is 0.409 bits per heavy atom. The van der Waals surface area contributed by atoms with E-state index in [2.05, 4.69) is 171 Å². The SMILES string of the molecule is c1ccc(N(c2ccccc2)c2ccc(-c3ccc4c5ccccc5n(-c5ccc(-c6ncccn6)cc5)c4c3)cc2)cc1. The van der Waals surface area contributed by atoms with Gasteiger partial charge in [-0.3, -0.25) is 0 Å². The molecule has 0 radical (unpaired) electrons. The van der Waals surface area contributed by atoms with E-state index in [1.807, 2.05) is 6.07 Å². The Morgan fingerprint density at radius 2 is 0.955 bits per heavy atom. The smallest absolute Gasteiger partial charge is 0.159 e. The Labute approximate surface area is 256 Å². The molecule has 0 saturated heterocycles. The molecule has 208 valence electrons. The fourth-order valence-electron chi connectivity index (χ4n) is 6.04. The number of rotatable bonds is 6. The summed E-state index contributed by atoms with van der Waals surface area (Å²) in [6, 6.07) is 55.6. The minimum Gasteiger partial charge on any atom is -0.311 e. The van der Waals surface area contributed by atoms with E-state index in [1.165, 1.54) is 32.9 Å². The topological polar surface area (TPSA) is 34.0 Å². The monoisotopic (exact) mass is 564 g/mol. The van der Waals surface area contributed by atoms with Gasteiger partial charge in [0, 0.05) is 51.5 Å². The Kier molecular flexibility index (Phi) is 6.43. The predicted octanol–water partition coefficient (Wildman–Crippen LogP) is 10.4. The van der Waals surface area contributed by atoms with Crippen LogP contribution in [0.5, 0.6) is 0 Å². The highest BCUT2D eigenvalue weighted by Gasteiger charge is 2.15. The first-order valence-corrected chi connectivity index (χ1v) is 14.8. The maximum atomic E-state index is 4.42. The second kappa shape index (κ2) is 11.0. The van der Waals surface area contributed by atoms with Crippen molar-refractivity contribution < 1.29 is 0 Å². The van der Waals surface area contributed by atoms with Gasteiger partial charge in [0.25, 0.3) is 0 Å². The van der Waals surface area contributed by atoms with Gasteiger partial charge in [0.2, 0.25) is 0 Å². The average molecular weight is 565 g/mol.